The van der Waals surface area contributed by atoms with Gasteiger partial charge in [0.1, 0.15) is 5.82 Å². The zero-order valence-corrected chi connectivity index (χ0v) is 16.1. The molecule has 3 aromatic rings. The third-order valence-corrected chi connectivity index (χ3v) is 5.70. The lowest BCUT2D eigenvalue weighted by molar-refractivity contribution is 0.602. The Morgan fingerprint density at radius 3 is 2.50 bits per heavy atom. The van der Waals surface area contributed by atoms with Crippen LogP contribution in [0.3, 0.4) is 0 Å². The second-order valence-electron chi connectivity index (χ2n) is 7.84. The topological polar surface area (TPSA) is 67.2 Å². The van der Waals surface area contributed by atoms with E-state index in [1.54, 1.807) is 10.9 Å². The number of piperazine rings is 1. The SMILES string of the molecule is Cc1cnc(N2CCN(c3ccc4c(=O)n(CC5CC5)cnc4c3)CC2)cn1. The molecule has 1 saturated heterocycles. The molecule has 0 N–H and O–H groups in total. The first-order chi connectivity index (χ1) is 13.7. The third kappa shape index (κ3) is 3.32. The standard InChI is InChI=1S/C21H24N6O/c1-15-11-23-20(12-22-15)26-8-6-25(7-9-26)17-4-5-18-19(10-17)24-14-27(21(18)28)13-16-2-3-16/h4-5,10-12,14,16H,2-3,6-9,13H2,1H3. The molecule has 0 spiro atoms. The van der Waals surface area contributed by atoms with Crippen LogP contribution in [0.1, 0.15) is 18.5 Å². The molecule has 2 aromatic heterocycles. The van der Waals surface area contributed by atoms with E-state index < -0.39 is 0 Å². The molecule has 1 saturated carbocycles. The van der Waals surface area contributed by atoms with Gasteiger partial charge in [-0.05, 0) is 43.9 Å². The predicted molar refractivity (Wildman–Crippen MR) is 110 cm³/mol. The fourth-order valence-corrected chi connectivity index (χ4v) is 3.79. The van der Waals surface area contributed by atoms with Gasteiger partial charge in [-0.1, -0.05) is 0 Å². The van der Waals surface area contributed by atoms with Crippen LogP contribution in [-0.4, -0.2) is 45.7 Å². The van der Waals surface area contributed by atoms with Gasteiger partial charge in [0.05, 0.1) is 35.3 Å². The number of aromatic nitrogens is 4. The summed E-state index contributed by atoms with van der Waals surface area (Å²) in [5.41, 5.74) is 2.91. The molecule has 3 heterocycles. The Labute approximate surface area is 163 Å². The molecule has 1 aromatic carbocycles. The molecule has 7 heteroatoms. The van der Waals surface area contributed by atoms with Crippen molar-refractivity contribution in [2.24, 2.45) is 5.92 Å². The molecule has 2 fully saturated rings. The largest absolute Gasteiger partial charge is 0.368 e. The van der Waals surface area contributed by atoms with Gasteiger partial charge >= 0.3 is 0 Å². The monoisotopic (exact) mass is 376 g/mol. The minimum atomic E-state index is 0.0752. The van der Waals surface area contributed by atoms with Gasteiger partial charge in [0, 0.05) is 38.4 Å². The van der Waals surface area contributed by atoms with Crippen LogP contribution in [-0.2, 0) is 6.54 Å². The fourth-order valence-electron chi connectivity index (χ4n) is 3.79. The molecular formula is C21H24N6O. The van der Waals surface area contributed by atoms with E-state index in [4.69, 9.17) is 0 Å². The minimum absolute atomic E-state index is 0.0752. The van der Waals surface area contributed by atoms with E-state index >= 15 is 0 Å². The summed E-state index contributed by atoms with van der Waals surface area (Å²) in [4.78, 5) is 30.7. The first kappa shape index (κ1) is 17.2. The average Bonchev–Trinajstić information content (AvgIpc) is 3.55. The molecule has 0 unspecified atom stereocenters. The van der Waals surface area contributed by atoms with E-state index in [0.29, 0.717) is 11.3 Å². The molecule has 1 aliphatic heterocycles. The maximum absolute atomic E-state index is 12.7. The van der Waals surface area contributed by atoms with E-state index in [-0.39, 0.29) is 5.56 Å². The summed E-state index contributed by atoms with van der Waals surface area (Å²) in [5, 5.41) is 0.709. The van der Waals surface area contributed by atoms with E-state index in [9.17, 15) is 4.79 Å². The van der Waals surface area contributed by atoms with Crippen LogP contribution in [0.5, 0.6) is 0 Å². The van der Waals surface area contributed by atoms with Gasteiger partial charge in [-0.25, -0.2) is 9.97 Å². The van der Waals surface area contributed by atoms with Crippen LogP contribution in [0.4, 0.5) is 11.5 Å². The summed E-state index contributed by atoms with van der Waals surface area (Å²) >= 11 is 0. The van der Waals surface area contributed by atoms with E-state index in [0.717, 1.165) is 55.4 Å². The zero-order valence-electron chi connectivity index (χ0n) is 16.1. The van der Waals surface area contributed by atoms with Crippen LogP contribution in [0, 0.1) is 12.8 Å². The van der Waals surface area contributed by atoms with Crippen molar-refractivity contribution in [2.45, 2.75) is 26.3 Å². The third-order valence-electron chi connectivity index (χ3n) is 5.70. The van der Waals surface area contributed by atoms with Gasteiger partial charge in [0.15, 0.2) is 0 Å². The maximum Gasteiger partial charge on any atom is 0.261 e. The lowest BCUT2D eigenvalue weighted by Gasteiger charge is -2.36. The van der Waals surface area contributed by atoms with E-state index in [1.807, 2.05) is 37.5 Å². The molecule has 0 radical (unpaired) electrons. The van der Waals surface area contributed by atoms with Crippen molar-refractivity contribution in [3.8, 4) is 0 Å². The molecule has 0 bridgehead atoms. The molecule has 144 valence electrons. The first-order valence-electron chi connectivity index (χ1n) is 9.95. The summed E-state index contributed by atoms with van der Waals surface area (Å²) in [7, 11) is 0. The molecule has 5 rings (SSSR count). The smallest absolute Gasteiger partial charge is 0.261 e. The maximum atomic E-state index is 12.7. The Bertz CT molecular complexity index is 1050. The molecule has 0 atom stereocenters. The van der Waals surface area contributed by atoms with E-state index in [2.05, 4.69) is 24.8 Å². The van der Waals surface area contributed by atoms with Gasteiger partial charge in [-0.15, -0.1) is 0 Å². The van der Waals surface area contributed by atoms with Gasteiger partial charge in [0.25, 0.3) is 5.56 Å². The highest BCUT2D eigenvalue weighted by atomic mass is 16.1. The van der Waals surface area contributed by atoms with Crippen molar-refractivity contribution in [2.75, 3.05) is 36.0 Å². The number of benzene rings is 1. The highest BCUT2D eigenvalue weighted by Gasteiger charge is 2.23. The molecule has 28 heavy (non-hydrogen) atoms. The quantitative estimate of drug-likeness (QED) is 0.696. The Hall–Kier alpha value is -2.96. The normalized spacial score (nSPS) is 17.3. The average molecular weight is 376 g/mol. The summed E-state index contributed by atoms with van der Waals surface area (Å²) in [6.45, 7) is 6.34. The molecule has 0 amide bonds. The van der Waals surface area contributed by atoms with Crippen LogP contribution in [0.15, 0.2) is 41.7 Å². The van der Waals surface area contributed by atoms with Crippen molar-refractivity contribution in [1.82, 2.24) is 19.5 Å². The van der Waals surface area contributed by atoms with Crippen molar-refractivity contribution >= 4 is 22.4 Å². The molecular weight excluding hydrogens is 352 g/mol. The van der Waals surface area contributed by atoms with Gasteiger partial charge in [-0.3, -0.25) is 14.3 Å². The highest BCUT2D eigenvalue weighted by Crippen LogP contribution is 2.30. The van der Waals surface area contributed by atoms with Crippen LogP contribution in [0.25, 0.3) is 10.9 Å². The Morgan fingerprint density at radius 1 is 1.00 bits per heavy atom. The number of nitrogens with zero attached hydrogens (tertiary/aromatic N) is 6. The Balaban J connectivity index is 1.32. The second kappa shape index (κ2) is 6.89. The summed E-state index contributed by atoms with van der Waals surface area (Å²) in [6, 6.07) is 6.02. The van der Waals surface area contributed by atoms with Gasteiger partial charge in [0.2, 0.25) is 0 Å². The minimum Gasteiger partial charge on any atom is -0.368 e. The number of hydrogen-bond acceptors (Lipinski definition) is 6. The number of fused-ring (bicyclic) bond motifs is 1. The van der Waals surface area contributed by atoms with Crippen molar-refractivity contribution in [3.63, 3.8) is 0 Å². The van der Waals surface area contributed by atoms with Crippen molar-refractivity contribution in [1.29, 1.82) is 0 Å². The van der Waals surface area contributed by atoms with Gasteiger partial charge in [-0.2, -0.15) is 0 Å². The number of hydrogen-bond donors (Lipinski definition) is 0. The number of rotatable bonds is 4. The summed E-state index contributed by atoms with van der Waals surface area (Å²) in [5.74, 6) is 1.59. The number of aryl methyl sites for hydroxylation is 1. The van der Waals surface area contributed by atoms with Crippen LogP contribution >= 0.6 is 0 Å². The first-order valence-corrected chi connectivity index (χ1v) is 9.95. The van der Waals surface area contributed by atoms with Crippen LogP contribution in [0.2, 0.25) is 0 Å². The van der Waals surface area contributed by atoms with E-state index in [1.165, 1.54) is 12.8 Å². The van der Waals surface area contributed by atoms with Crippen molar-refractivity contribution < 1.29 is 0 Å². The lowest BCUT2D eigenvalue weighted by atomic mass is 10.2. The Kier molecular flexibility index (Phi) is 4.22. The Morgan fingerprint density at radius 2 is 1.79 bits per heavy atom. The van der Waals surface area contributed by atoms with Gasteiger partial charge < -0.3 is 9.80 Å². The molecule has 1 aliphatic carbocycles. The fraction of sp³-hybridized carbons (Fsp3) is 0.429. The van der Waals surface area contributed by atoms with Crippen LogP contribution < -0.4 is 15.4 Å². The molecule has 7 nitrogen and oxygen atoms in total. The molecule has 2 aliphatic rings. The summed E-state index contributed by atoms with van der Waals surface area (Å²) < 4.78 is 1.76. The second-order valence-corrected chi connectivity index (χ2v) is 7.84. The predicted octanol–water partition coefficient (Wildman–Crippen LogP) is 2.23. The highest BCUT2D eigenvalue weighted by molar-refractivity contribution is 5.81. The summed E-state index contributed by atoms with van der Waals surface area (Å²) in [6.07, 6.45) is 7.82. The number of anilines is 2. The lowest BCUT2D eigenvalue weighted by Crippen LogP contribution is -2.46. The van der Waals surface area contributed by atoms with Crippen molar-refractivity contribution in [3.05, 3.63) is 53.0 Å². The zero-order chi connectivity index (χ0) is 19.1.